The summed E-state index contributed by atoms with van der Waals surface area (Å²) in [4.78, 5) is 24.1. The molecule has 29 heavy (non-hydrogen) atoms. The van der Waals surface area contributed by atoms with E-state index in [1.54, 1.807) is 0 Å². The molecular weight excluding hydrogens is 406 g/mol. The highest BCUT2D eigenvalue weighted by Crippen LogP contribution is 2.25. The van der Waals surface area contributed by atoms with Crippen molar-refractivity contribution in [2.45, 2.75) is 17.4 Å². The molecule has 3 rings (SSSR count). The smallest absolute Gasteiger partial charge is 0.333 e. The minimum Gasteiger partial charge on any atom is -0.467 e. The first kappa shape index (κ1) is 20.9. The van der Waals surface area contributed by atoms with Crippen molar-refractivity contribution in [2.75, 3.05) is 20.2 Å². The second-order valence-electron chi connectivity index (χ2n) is 6.35. The van der Waals surface area contributed by atoms with Crippen molar-refractivity contribution < 1.29 is 31.5 Å². The van der Waals surface area contributed by atoms with Gasteiger partial charge in [-0.05, 0) is 30.7 Å². The summed E-state index contributed by atoms with van der Waals surface area (Å²) in [5, 5.41) is 2.31. The van der Waals surface area contributed by atoms with Crippen LogP contribution >= 0.6 is 0 Å². The molecule has 1 amide bonds. The van der Waals surface area contributed by atoms with Crippen LogP contribution in [0.25, 0.3) is 0 Å². The van der Waals surface area contributed by atoms with Gasteiger partial charge in [0.1, 0.15) is 16.5 Å². The zero-order chi connectivity index (χ0) is 21.2. The van der Waals surface area contributed by atoms with Gasteiger partial charge in [0.05, 0.1) is 7.11 Å². The molecule has 1 heterocycles. The van der Waals surface area contributed by atoms with Crippen molar-refractivity contribution in [3.63, 3.8) is 0 Å². The van der Waals surface area contributed by atoms with Crippen LogP contribution in [0.15, 0.2) is 47.4 Å². The van der Waals surface area contributed by atoms with Gasteiger partial charge in [0.15, 0.2) is 6.04 Å². The monoisotopic (exact) mass is 424 g/mol. The number of esters is 1. The first-order valence-corrected chi connectivity index (χ1v) is 10.1. The Bertz CT molecular complexity index is 1050. The molecule has 154 valence electrons. The number of hydrogen-bond acceptors (Lipinski definition) is 5. The fourth-order valence-corrected chi connectivity index (χ4v) is 4.42. The molecule has 1 aliphatic heterocycles. The molecule has 2 aromatic rings. The summed E-state index contributed by atoms with van der Waals surface area (Å²) in [5.41, 5.74) is -0.320. The van der Waals surface area contributed by atoms with E-state index in [1.807, 2.05) is 0 Å². The van der Waals surface area contributed by atoms with E-state index in [0.29, 0.717) is 6.42 Å². The Kier molecular flexibility index (Phi) is 5.94. The Hall–Kier alpha value is -2.85. The number of hydrogen-bond donors (Lipinski definition) is 1. The van der Waals surface area contributed by atoms with Crippen molar-refractivity contribution >= 4 is 21.9 Å². The summed E-state index contributed by atoms with van der Waals surface area (Å²) in [7, 11) is -2.99. The topological polar surface area (TPSA) is 92.8 Å². The lowest BCUT2D eigenvalue weighted by molar-refractivity contribution is -0.143. The van der Waals surface area contributed by atoms with Crippen LogP contribution in [0, 0.1) is 11.6 Å². The molecule has 10 heteroatoms. The Labute approximate surface area is 166 Å². The number of carbonyl (C=O) groups excluding carboxylic acids is 2. The van der Waals surface area contributed by atoms with Gasteiger partial charge in [0, 0.05) is 24.2 Å². The predicted molar refractivity (Wildman–Crippen MR) is 98.4 cm³/mol. The lowest BCUT2D eigenvalue weighted by Crippen LogP contribution is -2.42. The van der Waals surface area contributed by atoms with E-state index in [0.717, 1.165) is 35.7 Å². The third kappa shape index (κ3) is 4.13. The molecule has 7 nitrogen and oxygen atoms in total. The molecule has 0 saturated carbocycles. The second-order valence-corrected chi connectivity index (χ2v) is 8.26. The molecule has 1 N–H and O–H groups in total. The highest BCUT2D eigenvalue weighted by Gasteiger charge is 2.33. The third-order valence-corrected chi connectivity index (χ3v) is 6.47. The number of amides is 1. The number of methoxy groups -OCH3 is 1. The number of carbonyl (C=O) groups is 2. The summed E-state index contributed by atoms with van der Waals surface area (Å²) in [6.45, 7) is 0.547. The van der Waals surface area contributed by atoms with Gasteiger partial charge in [-0.15, -0.1) is 0 Å². The SMILES string of the molecule is COC(=O)C(NC(=O)c1ccc(F)c(S(=O)(=O)N2CCC2)c1)c1ccccc1F. The maximum absolute atomic E-state index is 14.2. The van der Waals surface area contributed by atoms with E-state index in [9.17, 15) is 26.8 Å². The van der Waals surface area contributed by atoms with Gasteiger partial charge in [-0.3, -0.25) is 4.79 Å². The minimum atomic E-state index is -4.07. The fraction of sp³-hybridized carbons (Fsp3) is 0.263. The van der Waals surface area contributed by atoms with E-state index >= 15 is 0 Å². The molecule has 1 atom stereocenters. The summed E-state index contributed by atoms with van der Waals surface area (Å²) in [6, 6.07) is 6.70. The Morgan fingerprint density at radius 2 is 1.79 bits per heavy atom. The van der Waals surface area contributed by atoms with E-state index < -0.39 is 44.5 Å². The fourth-order valence-electron chi connectivity index (χ4n) is 2.81. The zero-order valence-corrected chi connectivity index (χ0v) is 16.2. The first-order chi connectivity index (χ1) is 13.8. The van der Waals surface area contributed by atoms with Crippen molar-refractivity contribution in [3.05, 3.63) is 65.2 Å². The number of nitrogens with one attached hydrogen (secondary N) is 1. The van der Waals surface area contributed by atoms with E-state index in [1.165, 1.54) is 18.2 Å². The van der Waals surface area contributed by atoms with Gasteiger partial charge in [0.2, 0.25) is 10.0 Å². The number of halogens is 2. The maximum atomic E-state index is 14.2. The third-order valence-electron chi connectivity index (χ3n) is 4.55. The minimum absolute atomic E-state index is 0.122. The van der Waals surface area contributed by atoms with Crippen LogP contribution in [-0.4, -0.2) is 44.8 Å². The second kappa shape index (κ2) is 8.26. The van der Waals surface area contributed by atoms with Crippen LogP contribution in [0.4, 0.5) is 8.78 Å². The van der Waals surface area contributed by atoms with Crippen molar-refractivity contribution in [2.24, 2.45) is 0 Å². The average Bonchev–Trinajstić information content (AvgIpc) is 2.64. The first-order valence-electron chi connectivity index (χ1n) is 8.68. The number of sulfonamides is 1. The van der Waals surface area contributed by atoms with Gasteiger partial charge in [-0.25, -0.2) is 22.0 Å². The molecule has 2 aromatic carbocycles. The molecule has 0 aromatic heterocycles. The van der Waals surface area contributed by atoms with E-state index in [4.69, 9.17) is 0 Å². The largest absolute Gasteiger partial charge is 0.467 e. The Morgan fingerprint density at radius 1 is 1.10 bits per heavy atom. The molecule has 1 fully saturated rings. The van der Waals surface area contributed by atoms with Crippen molar-refractivity contribution in [3.8, 4) is 0 Å². The molecule has 1 unspecified atom stereocenters. The molecule has 0 spiro atoms. The van der Waals surface area contributed by atoms with Crippen molar-refractivity contribution in [1.82, 2.24) is 9.62 Å². The quantitative estimate of drug-likeness (QED) is 0.716. The number of rotatable bonds is 6. The Morgan fingerprint density at radius 3 is 2.38 bits per heavy atom. The zero-order valence-electron chi connectivity index (χ0n) is 15.4. The van der Waals surface area contributed by atoms with E-state index in [2.05, 4.69) is 10.1 Å². The van der Waals surface area contributed by atoms with Crippen LogP contribution in [0.3, 0.4) is 0 Å². The molecule has 0 aliphatic carbocycles. The normalized spacial score (nSPS) is 15.3. The van der Waals surface area contributed by atoms with Gasteiger partial charge in [-0.2, -0.15) is 4.31 Å². The summed E-state index contributed by atoms with van der Waals surface area (Å²) < 4.78 is 58.9. The van der Waals surface area contributed by atoms with E-state index in [-0.39, 0.29) is 24.2 Å². The van der Waals surface area contributed by atoms with Gasteiger partial charge < -0.3 is 10.1 Å². The average molecular weight is 424 g/mol. The van der Waals surface area contributed by atoms with Crippen LogP contribution in [0.2, 0.25) is 0 Å². The molecule has 0 radical (unpaired) electrons. The number of nitrogens with zero attached hydrogens (tertiary/aromatic N) is 1. The van der Waals surface area contributed by atoms with Crippen LogP contribution in [-0.2, 0) is 19.6 Å². The van der Waals surface area contributed by atoms with Gasteiger partial charge in [0.25, 0.3) is 5.91 Å². The standard InChI is InChI=1S/C19H18F2N2O5S/c1-28-19(25)17(13-5-2-3-6-14(13)20)22-18(24)12-7-8-15(21)16(11-12)29(26,27)23-9-4-10-23/h2-3,5-8,11,17H,4,9-10H2,1H3,(H,22,24). The summed E-state index contributed by atoms with van der Waals surface area (Å²) >= 11 is 0. The van der Waals surface area contributed by atoms with Crippen molar-refractivity contribution in [1.29, 1.82) is 0 Å². The number of benzene rings is 2. The highest BCUT2D eigenvalue weighted by atomic mass is 32.2. The summed E-state index contributed by atoms with van der Waals surface area (Å²) in [6.07, 6.45) is 0.671. The molecular formula is C19H18F2N2O5S. The predicted octanol–water partition coefficient (Wildman–Crippen LogP) is 2.00. The summed E-state index contributed by atoms with van der Waals surface area (Å²) in [5.74, 6) is -3.53. The molecule has 0 bridgehead atoms. The molecule has 1 saturated heterocycles. The van der Waals surface area contributed by atoms with Gasteiger partial charge >= 0.3 is 5.97 Å². The lowest BCUT2D eigenvalue weighted by Gasteiger charge is -2.29. The lowest BCUT2D eigenvalue weighted by atomic mass is 10.1. The van der Waals surface area contributed by atoms with Crippen LogP contribution in [0.5, 0.6) is 0 Å². The van der Waals surface area contributed by atoms with Crippen LogP contribution < -0.4 is 5.32 Å². The number of ether oxygens (including phenoxy) is 1. The maximum Gasteiger partial charge on any atom is 0.333 e. The molecule has 1 aliphatic rings. The van der Waals surface area contributed by atoms with Crippen LogP contribution in [0.1, 0.15) is 28.4 Å². The highest BCUT2D eigenvalue weighted by molar-refractivity contribution is 7.89. The Balaban J connectivity index is 1.92. The van der Waals surface area contributed by atoms with Gasteiger partial charge in [-0.1, -0.05) is 18.2 Å².